The van der Waals surface area contributed by atoms with Gasteiger partial charge in [-0.25, -0.2) is 0 Å². The van der Waals surface area contributed by atoms with Crippen molar-refractivity contribution in [1.29, 1.82) is 0 Å². The van der Waals surface area contributed by atoms with Crippen molar-refractivity contribution in [3.05, 3.63) is 53.1 Å². The summed E-state index contributed by atoms with van der Waals surface area (Å²) in [5.41, 5.74) is 2.90. The standard InChI is InChI=1S/C20H20ClN3O3/c1-12-3-6-16(7-4-12)24-11-14(9-19(24)26)20(27)23-15-5-8-18(17(21)10-15)22-13(2)25/h3-8,10,14H,9,11H2,1-2H3,(H,22,25)(H,23,27). The van der Waals surface area contributed by atoms with Crippen LogP contribution < -0.4 is 15.5 Å². The van der Waals surface area contributed by atoms with Crippen LogP contribution in [-0.2, 0) is 14.4 Å². The van der Waals surface area contributed by atoms with Crippen LogP contribution in [0.1, 0.15) is 18.9 Å². The topological polar surface area (TPSA) is 78.5 Å². The number of halogens is 1. The number of carbonyl (C=O) groups excluding carboxylic acids is 3. The van der Waals surface area contributed by atoms with E-state index in [1.165, 1.54) is 6.92 Å². The molecule has 2 N–H and O–H groups in total. The van der Waals surface area contributed by atoms with Gasteiger partial charge in [0.05, 0.1) is 16.6 Å². The van der Waals surface area contributed by atoms with Gasteiger partial charge >= 0.3 is 0 Å². The molecule has 0 radical (unpaired) electrons. The van der Waals surface area contributed by atoms with Gasteiger partial charge < -0.3 is 15.5 Å². The molecule has 1 aliphatic rings. The molecule has 0 aromatic heterocycles. The fourth-order valence-electron chi connectivity index (χ4n) is 2.99. The van der Waals surface area contributed by atoms with Crippen molar-refractivity contribution in [3.8, 4) is 0 Å². The van der Waals surface area contributed by atoms with Crippen LogP contribution in [0.2, 0.25) is 5.02 Å². The van der Waals surface area contributed by atoms with E-state index >= 15 is 0 Å². The lowest BCUT2D eigenvalue weighted by atomic mass is 10.1. The number of aryl methyl sites for hydroxylation is 1. The summed E-state index contributed by atoms with van der Waals surface area (Å²) in [6, 6.07) is 12.5. The first kappa shape index (κ1) is 18.9. The molecule has 140 valence electrons. The Kier molecular flexibility index (Phi) is 5.46. The molecule has 1 saturated heterocycles. The first-order valence-electron chi connectivity index (χ1n) is 8.58. The lowest BCUT2D eigenvalue weighted by molar-refractivity contribution is -0.122. The number of hydrogen-bond acceptors (Lipinski definition) is 3. The third kappa shape index (κ3) is 4.46. The Hall–Kier alpha value is -2.86. The van der Waals surface area contributed by atoms with Gasteiger partial charge in [-0.15, -0.1) is 0 Å². The molecule has 27 heavy (non-hydrogen) atoms. The Balaban J connectivity index is 1.66. The fraction of sp³-hybridized carbons (Fsp3) is 0.250. The van der Waals surface area contributed by atoms with Crippen molar-refractivity contribution in [1.82, 2.24) is 0 Å². The average molecular weight is 386 g/mol. The maximum Gasteiger partial charge on any atom is 0.229 e. The van der Waals surface area contributed by atoms with E-state index in [-0.39, 0.29) is 24.1 Å². The molecule has 3 rings (SSSR count). The molecule has 0 bridgehead atoms. The molecule has 0 saturated carbocycles. The molecule has 1 fully saturated rings. The van der Waals surface area contributed by atoms with E-state index in [1.54, 1.807) is 23.1 Å². The van der Waals surface area contributed by atoms with Gasteiger partial charge in [0.1, 0.15) is 0 Å². The summed E-state index contributed by atoms with van der Waals surface area (Å²) in [6.07, 6.45) is 0.164. The van der Waals surface area contributed by atoms with E-state index in [2.05, 4.69) is 10.6 Å². The van der Waals surface area contributed by atoms with Crippen LogP contribution in [0.4, 0.5) is 17.1 Å². The molecule has 3 amide bonds. The Morgan fingerprint density at radius 1 is 1.11 bits per heavy atom. The van der Waals surface area contributed by atoms with Crippen LogP contribution in [0.5, 0.6) is 0 Å². The second-order valence-corrected chi connectivity index (χ2v) is 7.01. The van der Waals surface area contributed by atoms with Gasteiger partial charge in [-0.05, 0) is 37.3 Å². The van der Waals surface area contributed by atoms with Crippen molar-refractivity contribution in [2.75, 3.05) is 22.1 Å². The molecule has 1 aliphatic heterocycles. The molecule has 6 nitrogen and oxygen atoms in total. The van der Waals surface area contributed by atoms with Gasteiger partial charge in [-0.1, -0.05) is 29.3 Å². The number of nitrogens with zero attached hydrogens (tertiary/aromatic N) is 1. The summed E-state index contributed by atoms with van der Waals surface area (Å²) in [6.45, 7) is 3.71. The number of anilines is 3. The van der Waals surface area contributed by atoms with Crippen LogP contribution in [-0.4, -0.2) is 24.3 Å². The van der Waals surface area contributed by atoms with Crippen molar-refractivity contribution in [3.63, 3.8) is 0 Å². The average Bonchev–Trinajstić information content (AvgIpc) is 3.00. The van der Waals surface area contributed by atoms with E-state index in [4.69, 9.17) is 11.6 Å². The lowest BCUT2D eigenvalue weighted by Crippen LogP contribution is -2.28. The Morgan fingerprint density at radius 2 is 1.81 bits per heavy atom. The molecule has 0 aliphatic carbocycles. The maximum absolute atomic E-state index is 12.6. The zero-order valence-corrected chi connectivity index (χ0v) is 15.8. The minimum absolute atomic E-state index is 0.0713. The summed E-state index contributed by atoms with van der Waals surface area (Å²) in [5, 5.41) is 5.73. The van der Waals surface area contributed by atoms with E-state index in [1.807, 2.05) is 31.2 Å². The molecule has 1 unspecified atom stereocenters. The van der Waals surface area contributed by atoms with Crippen LogP contribution >= 0.6 is 11.6 Å². The molecule has 0 spiro atoms. The smallest absolute Gasteiger partial charge is 0.229 e. The zero-order chi connectivity index (χ0) is 19.6. The van der Waals surface area contributed by atoms with Gasteiger partial charge in [0.2, 0.25) is 17.7 Å². The van der Waals surface area contributed by atoms with Crippen molar-refractivity contribution in [2.24, 2.45) is 5.92 Å². The van der Waals surface area contributed by atoms with Crippen molar-refractivity contribution in [2.45, 2.75) is 20.3 Å². The summed E-state index contributed by atoms with van der Waals surface area (Å²) >= 11 is 6.13. The molecular weight excluding hydrogens is 366 g/mol. The lowest BCUT2D eigenvalue weighted by Gasteiger charge is -2.17. The highest BCUT2D eigenvalue weighted by Gasteiger charge is 2.35. The van der Waals surface area contributed by atoms with Gasteiger partial charge in [0.25, 0.3) is 0 Å². The number of rotatable bonds is 4. The van der Waals surface area contributed by atoms with E-state index in [0.717, 1.165) is 11.3 Å². The third-order valence-corrected chi connectivity index (χ3v) is 4.70. The van der Waals surface area contributed by atoms with E-state index in [0.29, 0.717) is 22.9 Å². The molecule has 7 heteroatoms. The Morgan fingerprint density at radius 3 is 2.44 bits per heavy atom. The normalized spacial score (nSPS) is 16.3. The Labute approximate surface area is 162 Å². The van der Waals surface area contributed by atoms with Crippen molar-refractivity contribution < 1.29 is 14.4 Å². The molecule has 2 aromatic rings. The van der Waals surface area contributed by atoms with Crippen LogP contribution in [0.3, 0.4) is 0 Å². The minimum atomic E-state index is -0.437. The van der Waals surface area contributed by atoms with Crippen molar-refractivity contribution >= 4 is 46.4 Å². The second kappa shape index (κ2) is 7.80. The van der Waals surface area contributed by atoms with Gasteiger partial charge in [0.15, 0.2) is 0 Å². The zero-order valence-electron chi connectivity index (χ0n) is 15.1. The monoisotopic (exact) mass is 385 g/mol. The number of amides is 3. The fourth-order valence-corrected chi connectivity index (χ4v) is 3.21. The number of benzene rings is 2. The van der Waals surface area contributed by atoms with E-state index in [9.17, 15) is 14.4 Å². The van der Waals surface area contributed by atoms with Gasteiger partial charge in [-0.3, -0.25) is 14.4 Å². The summed E-state index contributed by atoms with van der Waals surface area (Å²) in [7, 11) is 0. The molecule has 1 atom stereocenters. The van der Waals surface area contributed by atoms with E-state index < -0.39 is 5.92 Å². The molecular formula is C20H20ClN3O3. The SMILES string of the molecule is CC(=O)Nc1ccc(NC(=O)C2CC(=O)N(c3ccc(C)cc3)C2)cc1Cl. The predicted molar refractivity (Wildman–Crippen MR) is 106 cm³/mol. The predicted octanol–water partition coefficient (Wildman–Crippen LogP) is 3.60. The quantitative estimate of drug-likeness (QED) is 0.844. The largest absolute Gasteiger partial charge is 0.326 e. The van der Waals surface area contributed by atoms with Crippen LogP contribution in [0, 0.1) is 12.8 Å². The second-order valence-electron chi connectivity index (χ2n) is 6.61. The third-order valence-electron chi connectivity index (χ3n) is 4.39. The Bertz CT molecular complexity index is 896. The summed E-state index contributed by atoms with van der Waals surface area (Å²) in [4.78, 5) is 37.6. The number of hydrogen-bond donors (Lipinski definition) is 2. The van der Waals surface area contributed by atoms with Crippen LogP contribution in [0.15, 0.2) is 42.5 Å². The minimum Gasteiger partial charge on any atom is -0.326 e. The highest BCUT2D eigenvalue weighted by atomic mass is 35.5. The first-order valence-corrected chi connectivity index (χ1v) is 8.96. The molecule has 2 aromatic carbocycles. The maximum atomic E-state index is 12.6. The van der Waals surface area contributed by atoms with Gasteiger partial charge in [0, 0.05) is 31.3 Å². The summed E-state index contributed by atoms with van der Waals surface area (Å²) < 4.78 is 0. The van der Waals surface area contributed by atoms with Gasteiger partial charge in [-0.2, -0.15) is 0 Å². The highest BCUT2D eigenvalue weighted by molar-refractivity contribution is 6.34. The summed E-state index contributed by atoms with van der Waals surface area (Å²) in [5.74, 6) is -0.971. The first-order chi connectivity index (χ1) is 12.8. The van der Waals surface area contributed by atoms with Crippen LogP contribution in [0.25, 0.3) is 0 Å². The number of carbonyl (C=O) groups is 3. The highest BCUT2D eigenvalue weighted by Crippen LogP contribution is 2.28. The number of nitrogens with one attached hydrogen (secondary N) is 2. The molecule has 1 heterocycles.